The van der Waals surface area contributed by atoms with Crippen LogP contribution in [0.25, 0.3) is 0 Å². The van der Waals surface area contributed by atoms with E-state index in [2.05, 4.69) is 15.9 Å². The second-order valence-electron chi connectivity index (χ2n) is 5.99. The Morgan fingerprint density at radius 1 is 0.926 bits per heavy atom. The molecule has 0 atom stereocenters. The maximum absolute atomic E-state index is 11.9. The van der Waals surface area contributed by atoms with Crippen LogP contribution in [0.5, 0.6) is 0 Å². The van der Waals surface area contributed by atoms with Crippen molar-refractivity contribution in [1.82, 2.24) is 5.01 Å². The van der Waals surface area contributed by atoms with E-state index < -0.39 is 5.24 Å². The molecule has 0 saturated carbocycles. The lowest BCUT2D eigenvalue weighted by molar-refractivity contribution is 0.0581. The standard InChI is InChI=1S/C11H15BrN2O.C7H5ClO.2ClH.H2O/c1-11(2,3)14(13)10(15)8-4-6-9(12)7-5-8;8-7(9)6-4-2-1-3-5-6;;;/h4-7H,13H2,1-3H3;1-5H;2*1H;1H2. The van der Waals surface area contributed by atoms with Crippen molar-refractivity contribution in [3.8, 4) is 0 Å². The Morgan fingerprint density at radius 2 is 1.37 bits per heavy atom. The fourth-order valence-electron chi connectivity index (χ4n) is 1.61. The van der Waals surface area contributed by atoms with Gasteiger partial charge in [0.25, 0.3) is 11.1 Å². The summed E-state index contributed by atoms with van der Waals surface area (Å²) in [5.41, 5.74) is 0.763. The van der Waals surface area contributed by atoms with Crippen molar-refractivity contribution in [3.63, 3.8) is 0 Å². The molecule has 0 aromatic heterocycles. The zero-order valence-corrected chi connectivity index (χ0v) is 19.1. The summed E-state index contributed by atoms with van der Waals surface area (Å²) in [7, 11) is 0. The first-order valence-electron chi connectivity index (χ1n) is 7.22. The summed E-state index contributed by atoms with van der Waals surface area (Å²) in [5.74, 6) is 5.57. The highest BCUT2D eigenvalue weighted by Crippen LogP contribution is 2.15. The molecule has 5 nitrogen and oxygen atoms in total. The van der Waals surface area contributed by atoms with Gasteiger partial charge in [0.2, 0.25) is 0 Å². The van der Waals surface area contributed by atoms with E-state index in [0.717, 1.165) is 4.47 Å². The van der Waals surface area contributed by atoms with Gasteiger partial charge >= 0.3 is 0 Å². The SMILES string of the molecule is CC(C)(C)N(N)C(=O)c1ccc(Br)cc1.Cl.Cl.O.O=C(Cl)c1ccccc1. The molecule has 0 spiro atoms. The molecule has 27 heavy (non-hydrogen) atoms. The summed E-state index contributed by atoms with van der Waals surface area (Å²) in [6.07, 6.45) is 0. The second-order valence-corrected chi connectivity index (χ2v) is 7.25. The molecule has 0 heterocycles. The van der Waals surface area contributed by atoms with Gasteiger partial charge in [-0.05, 0) is 56.6 Å². The molecule has 2 rings (SSSR count). The molecule has 2 aromatic carbocycles. The number of hydrogen-bond donors (Lipinski definition) is 1. The van der Waals surface area contributed by atoms with Gasteiger partial charge in [0, 0.05) is 15.6 Å². The number of nitrogens with zero attached hydrogens (tertiary/aromatic N) is 1. The van der Waals surface area contributed by atoms with Gasteiger partial charge in [0.1, 0.15) is 0 Å². The monoisotopic (exact) mass is 500 g/mol. The van der Waals surface area contributed by atoms with Gasteiger partial charge in [-0.2, -0.15) is 0 Å². The van der Waals surface area contributed by atoms with Crippen LogP contribution in [0.4, 0.5) is 0 Å². The van der Waals surface area contributed by atoms with Gasteiger partial charge in [0.15, 0.2) is 0 Å². The topological polar surface area (TPSA) is 94.9 Å². The lowest BCUT2D eigenvalue weighted by Gasteiger charge is -2.31. The predicted octanol–water partition coefficient (Wildman–Crippen LogP) is 4.65. The maximum Gasteiger partial charge on any atom is 0.268 e. The van der Waals surface area contributed by atoms with Crippen molar-refractivity contribution < 1.29 is 15.1 Å². The van der Waals surface area contributed by atoms with E-state index in [1.54, 1.807) is 36.4 Å². The van der Waals surface area contributed by atoms with Crippen molar-refractivity contribution in [1.29, 1.82) is 0 Å². The molecule has 4 N–H and O–H groups in total. The smallest absolute Gasteiger partial charge is 0.268 e. The van der Waals surface area contributed by atoms with Crippen molar-refractivity contribution in [2.24, 2.45) is 5.84 Å². The lowest BCUT2D eigenvalue weighted by atomic mass is 10.1. The minimum Gasteiger partial charge on any atom is -0.412 e. The number of hydrazine groups is 1. The lowest BCUT2D eigenvalue weighted by Crippen LogP contribution is -2.50. The molecule has 0 fully saturated rings. The molecule has 0 radical (unpaired) electrons. The molecular weight excluding hydrogens is 478 g/mol. The Bertz CT molecular complexity index is 693. The van der Waals surface area contributed by atoms with E-state index in [1.807, 2.05) is 39.0 Å². The average molecular weight is 503 g/mol. The molecule has 0 bridgehead atoms. The molecule has 1 amide bonds. The molecule has 0 unspecified atom stereocenters. The number of rotatable bonds is 2. The summed E-state index contributed by atoms with van der Waals surface area (Å²) < 4.78 is 0.943. The van der Waals surface area contributed by atoms with Crippen LogP contribution in [-0.4, -0.2) is 27.2 Å². The first-order valence-corrected chi connectivity index (χ1v) is 8.39. The third kappa shape index (κ3) is 10.7. The molecular formula is C18H24BrCl3N2O3. The third-order valence-electron chi connectivity index (χ3n) is 3.03. The molecule has 0 saturated heterocycles. The van der Waals surface area contributed by atoms with Crippen LogP contribution >= 0.6 is 52.3 Å². The van der Waals surface area contributed by atoms with Crippen LogP contribution in [0.3, 0.4) is 0 Å². The van der Waals surface area contributed by atoms with Crippen molar-refractivity contribution in [2.45, 2.75) is 26.3 Å². The highest BCUT2D eigenvalue weighted by Gasteiger charge is 2.24. The number of nitrogens with two attached hydrogens (primary N) is 1. The van der Waals surface area contributed by atoms with Crippen molar-refractivity contribution in [3.05, 3.63) is 70.2 Å². The first kappa shape index (κ1) is 30.6. The fraction of sp³-hybridized carbons (Fsp3) is 0.222. The molecule has 0 aliphatic carbocycles. The van der Waals surface area contributed by atoms with Crippen LogP contribution in [0.1, 0.15) is 41.5 Å². The van der Waals surface area contributed by atoms with E-state index in [9.17, 15) is 9.59 Å². The highest BCUT2D eigenvalue weighted by atomic mass is 79.9. The number of hydrogen-bond acceptors (Lipinski definition) is 3. The normalized spacial score (nSPS) is 9.26. The average Bonchev–Trinajstić information content (AvgIpc) is 2.54. The van der Waals surface area contributed by atoms with Crippen LogP contribution in [0.15, 0.2) is 59.1 Å². The Morgan fingerprint density at radius 3 is 1.70 bits per heavy atom. The van der Waals surface area contributed by atoms with Gasteiger partial charge in [0.05, 0.1) is 5.54 Å². The molecule has 0 aliphatic rings. The fourth-order valence-corrected chi connectivity index (χ4v) is 2.00. The second kappa shape index (κ2) is 13.9. The maximum atomic E-state index is 11.9. The van der Waals surface area contributed by atoms with Gasteiger partial charge in [-0.25, -0.2) is 5.84 Å². The number of carbonyl (C=O) groups is 2. The van der Waals surface area contributed by atoms with E-state index in [1.165, 1.54) is 5.01 Å². The third-order valence-corrected chi connectivity index (χ3v) is 3.78. The summed E-state index contributed by atoms with van der Waals surface area (Å²) in [4.78, 5) is 22.3. The first-order chi connectivity index (χ1) is 11.1. The zero-order valence-electron chi connectivity index (χ0n) is 15.1. The minimum absolute atomic E-state index is 0. The Kier molecular flexibility index (Phi) is 15.8. The van der Waals surface area contributed by atoms with Crippen LogP contribution in [0, 0.1) is 0 Å². The molecule has 0 aliphatic heterocycles. The summed E-state index contributed by atoms with van der Waals surface area (Å²) >= 11 is 8.48. The summed E-state index contributed by atoms with van der Waals surface area (Å²) in [6, 6.07) is 15.9. The number of carbonyl (C=O) groups excluding carboxylic acids is 2. The van der Waals surface area contributed by atoms with E-state index in [4.69, 9.17) is 17.4 Å². The summed E-state index contributed by atoms with van der Waals surface area (Å²) in [5, 5.41) is 0.839. The quantitative estimate of drug-likeness (QED) is 0.280. The number of amides is 1. The van der Waals surface area contributed by atoms with Gasteiger partial charge < -0.3 is 5.48 Å². The Labute approximate surface area is 185 Å². The summed E-state index contributed by atoms with van der Waals surface area (Å²) in [6.45, 7) is 5.68. The van der Waals surface area contributed by atoms with Crippen LogP contribution in [0.2, 0.25) is 0 Å². The zero-order chi connectivity index (χ0) is 18.3. The van der Waals surface area contributed by atoms with Crippen LogP contribution in [-0.2, 0) is 0 Å². The predicted molar refractivity (Wildman–Crippen MR) is 119 cm³/mol. The van der Waals surface area contributed by atoms with E-state index in [-0.39, 0.29) is 41.7 Å². The number of benzene rings is 2. The van der Waals surface area contributed by atoms with Gasteiger partial charge in [-0.1, -0.05) is 46.3 Å². The van der Waals surface area contributed by atoms with E-state index >= 15 is 0 Å². The minimum atomic E-state index is -0.407. The molecule has 9 heteroatoms. The Hall–Kier alpha value is -1.15. The van der Waals surface area contributed by atoms with Gasteiger partial charge in [-0.15, -0.1) is 24.8 Å². The van der Waals surface area contributed by atoms with Crippen molar-refractivity contribution >= 4 is 63.5 Å². The molecule has 152 valence electrons. The largest absolute Gasteiger partial charge is 0.412 e. The van der Waals surface area contributed by atoms with Crippen molar-refractivity contribution in [2.75, 3.05) is 0 Å². The van der Waals surface area contributed by atoms with E-state index in [0.29, 0.717) is 11.1 Å². The molecule has 2 aromatic rings. The van der Waals surface area contributed by atoms with Crippen LogP contribution < -0.4 is 5.84 Å². The number of halogens is 4. The Balaban J connectivity index is -0.000000420. The van der Waals surface area contributed by atoms with Gasteiger partial charge in [-0.3, -0.25) is 14.6 Å². The highest BCUT2D eigenvalue weighted by molar-refractivity contribution is 9.10.